The van der Waals surface area contributed by atoms with Crippen LogP contribution in [0.15, 0.2) is 18.2 Å². The molecule has 2 fully saturated rings. The first-order valence-corrected chi connectivity index (χ1v) is 8.83. The number of benzene rings is 1. The average Bonchev–Trinajstić information content (AvgIpc) is 3.17. The Bertz CT molecular complexity index is 630. The molecule has 1 saturated carbocycles. The number of aliphatic hydroxyl groups excluding tert-OH is 1. The molecule has 1 saturated heterocycles. The van der Waals surface area contributed by atoms with Crippen LogP contribution in [-0.4, -0.2) is 43.3 Å². The minimum absolute atomic E-state index is 0.0341. The van der Waals surface area contributed by atoms with Crippen molar-refractivity contribution in [1.82, 2.24) is 5.32 Å². The summed E-state index contributed by atoms with van der Waals surface area (Å²) in [6.07, 6.45) is 0.210. The van der Waals surface area contributed by atoms with E-state index in [9.17, 15) is 17.9 Å². The van der Waals surface area contributed by atoms with E-state index in [4.69, 9.17) is 4.74 Å². The van der Waals surface area contributed by atoms with E-state index < -0.39 is 27.9 Å². The number of nitrogens with one attached hydrogen (secondary N) is 1. The summed E-state index contributed by atoms with van der Waals surface area (Å²) in [5.74, 6) is -1.12. The van der Waals surface area contributed by atoms with Gasteiger partial charge in [0.25, 0.3) is 0 Å². The predicted octanol–water partition coefficient (Wildman–Crippen LogP) is 0.614. The normalized spacial score (nSPS) is 27.7. The second-order valence-electron chi connectivity index (χ2n) is 5.68. The Morgan fingerprint density at radius 2 is 2.10 bits per heavy atom. The zero-order chi connectivity index (χ0) is 15.0. The molecule has 2 aliphatic rings. The second-order valence-corrected chi connectivity index (χ2v) is 7.84. The van der Waals surface area contributed by atoms with Crippen LogP contribution >= 0.6 is 0 Å². The third kappa shape index (κ3) is 3.53. The number of rotatable bonds is 5. The van der Waals surface area contributed by atoms with E-state index in [-0.39, 0.29) is 17.3 Å². The topological polar surface area (TPSA) is 75.6 Å². The third-order valence-corrected chi connectivity index (χ3v) is 5.43. The van der Waals surface area contributed by atoms with Gasteiger partial charge in [-0.1, -0.05) is 12.1 Å². The molecule has 0 bridgehead atoms. The van der Waals surface area contributed by atoms with Gasteiger partial charge < -0.3 is 15.2 Å². The Morgan fingerprint density at radius 1 is 1.33 bits per heavy atom. The summed E-state index contributed by atoms with van der Waals surface area (Å²) in [6.45, 7) is 0.466. The van der Waals surface area contributed by atoms with E-state index in [1.54, 1.807) is 12.1 Å². The van der Waals surface area contributed by atoms with Crippen LogP contribution in [0, 0.1) is 5.82 Å². The van der Waals surface area contributed by atoms with Gasteiger partial charge in [0.05, 0.1) is 11.5 Å². The smallest absolute Gasteiger partial charge is 0.165 e. The van der Waals surface area contributed by atoms with Gasteiger partial charge in [0.1, 0.15) is 12.2 Å². The van der Waals surface area contributed by atoms with Crippen LogP contribution in [0.2, 0.25) is 0 Å². The standard InChI is InChI=1S/C14H18FNO4S/c15-11-3-1-2-9(6-16-10-4-5-10)14(11)20-13-8-21(18,19)7-12(13)17/h1-3,10,12-13,16-17H,4-8H2. The van der Waals surface area contributed by atoms with Crippen molar-refractivity contribution >= 4 is 9.84 Å². The van der Waals surface area contributed by atoms with Crippen molar-refractivity contribution < 1.29 is 22.7 Å². The summed E-state index contributed by atoms with van der Waals surface area (Å²) in [5.41, 5.74) is 0.637. The lowest BCUT2D eigenvalue weighted by atomic mass is 10.1. The molecule has 1 aliphatic heterocycles. The SMILES string of the molecule is O=S1(=O)CC(O)C(Oc2c(F)cccc2CNC2CC2)C1. The van der Waals surface area contributed by atoms with Crippen LogP contribution in [-0.2, 0) is 16.4 Å². The molecule has 0 radical (unpaired) electrons. The van der Waals surface area contributed by atoms with Gasteiger partial charge in [-0.25, -0.2) is 12.8 Å². The van der Waals surface area contributed by atoms with E-state index in [1.165, 1.54) is 6.07 Å². The lowest BCUT2D eigenvalue weighted by molar-refractivity contribution is 0.0703. The Labute approximate surface area is 123 Å². The highest BCUT2D eigenvalue weighted by Crippen LogP contribution is 2.28. The lowest BCUT2D eigenvalue weighted by Gasteiger charge is -2.19. The van der Waals surface area contributed by atoms with E-state index in [0.717, 1.165) is 12.8 Å². The molecule has 1 aromatic carbocycles. The molecule has 5 nitrogen and oxygen atoms in total. The Kier molecular flexibility index (Phi) is 3.90. The van der Waals surface area contributed by atoms with Crippen LogP contribution in [0.4, 0.5) is 4.39 Å². The van der Waals surface area contributed by atoms with Gasteiger partial charge in [-0.2, -0.15) is 0 Å². The Balaban J connectivity index is 1.77. The van der Waals surface area contributed by atoms with Gasteiger partial charge in [-0.3, -0.25) is 0 Å². The minimum Gasteiger partial charge on any atom is -0.483 e. The summed E-state index contributed by atoms with van der Waals surface area (Å²) >= 11 is 0. The highest BCUT2D eigenvalue weighted by molar-refractivity contribution is 7.91. The number of hydrogen-bond acceptors (Lipinski definition) is 5. The highest BCUT2D eigenvalue weighted by atomic mass is 32.2. The number of halogens is 1. The molecule has 0 amide bonds. The molecule has 0 spiro atoms. The number of sulfone groups is 1. The number of para-hydroxylation sites is 1. The Hall–Kier alpha value is -1.18. The first-order valence-electron chi connectivity index (χ1n) is 7.00. The van der Waals surface area contributed by atoms with E-state index in [2.05, 4.69) is 5.32 Å². The molecular weight excluding hydrogens is 297 g/mol. The molecule has 1 aliphatic carbocycles. The summed E-state index contributed by atoms with van der Waals surface area (Å²) in [7, 11) is -3.32. The van der Waals surface area contributed by atoms with Crippen LogP contribution in [0.1, 0.15) is 18.4 Å². The predicted molar refractivity (Wildman–Crippen MR) is 75.3 cm³/mol. The molecule has 21 heavy (non-hydrogen) atoms. The molecule has 3 rings (SSSR count). The fourth-order valence-electron chi connectivity index (χ4n) is 2.43. The molecule has 7 heteroatoms. The van der Waals surface area contributed by atoms with Crippen molar-refractivity contribution in [3.63, 3.8) is 0 Å². The molecule has 1 aromatic rings. The van der Waals surface area contributed by atoms with Gasteiger partial charge in [-0.15, -0.1) is 0 Å². The van der Waals surface area contributed by atoms with Crippen molar-refractivity contribution in [3.8, 4) is 5.75 Å². The molecule has 1 heterocycles. The lowest BCUT2D eigenvalue weighted by Crippen LogP contribution is -2.30. The molecule has 2 atom stereocenters. The van der Waals surface area contributed by atoms with Crippen molar-refractivity contribution in [1.29, 1.82) is 0 Å². The average molecular weight is 315 g/mol. The fourth-order valence-corrected chi connectivity index (χ4v) is 4.09. The van der Waals surface area contributed by atoms with E-state index in [0.29, 0.717) is 18.2 Å². The fraction of sp³-hybridized carbons (Fsp3) is 0.571. The van der Waals surface area contributed by atoms with Gasteiger partial charge in [-0.05, 0) is 18.9 Å². The van der Waals surface area contributed by atoms with Gasteiger partial charge in [0, 0.05) is 18.2 Å². The second kappa shape index (κ2) is 5.55. The largest absolute Gasteiger partial charge is 0.483 e. The Morgan fingerprint density at radius 3 is 2.71 bits per heavy atom. The molecule has 2 unspecified atom stereocenters. The summed E-state index contributed by atoms with van der Waals surface area (Å²) < 4.78 is 42.5. The van der Waals surface area contributed by atoms with Crippen molar-refractivity contribution in [2.24, 2.45) is 0 Å². The maximum Gasteiger partial charge on any atom is 0.165 e. The third-order valence-electron chi connectivity index (χ3n) is 3.75. The first kappa shape index (κ1) is 14.7. The van der Waals surface area contributed by atoms with E-state index >= 15 is 0 Å². The summed E-state index contributed by atoms with van der Waals surface area (Å²) in [5, 5.41) is 13.0. The summed E-state index contributed by atoms with van der Waals surface area (Å²) in [4.78, 5) is 0. The highest BCUT2D eigenvalue weighted by Gasteiger charge is 2.38. The quantitative estimate of drug-likeness (QED) is 0.833. The minimum atomic E-state index is -3.32. The van der Waals surface area contributed by atoms with Gasteiger partial charge >= 0.3 is 0 Å². The van der Waals surface area contributed by atoms with Gasteiger partial charge in [0.2, 0.25) is 0 Å². The van der Waals surface area contributed by atoms with Gasteiger partial charge in [0.15, 0.2) is 21.4 Å². The maximum absolute atomic E-state index is 14.0. The van der Waals surface area contributed by atoms with Crippen molar-refractivity contribution in [3.05, 3.63) is 29.6 Å². The van der Waals surface area contributed by atoms with Crippen LogP contribution in [0.3, 0.4) is 0 Å². The number of ether oxygens (including phenoxy) is 1. The van der Waals surface area contributed by atoms with Crippen molar-refractivity contribution in [2.45, 2.75) is 37.6 Å². The maximum atomic E-state index is 14.0. The summed E-state index contributed by atoms with van der Waals surface area (Å²) in [6, 6.07) is 5.07. The molecule has 2 N–H and O–H groups in total. The molecular formula is C14H18FNO4S. The van der Waals surface area contributed by atoms with Crippen LogP contribution < -0.4 is 10.1 Å². The van der Waals surface area contributed by atoms with E-state index in [1.807, 2.05) is 0 Å². The molecule has 116 valence electrons. The van der Waals surface area contributed by atoms with Crippen molar-refractivity contribution in [2.75, 3.05) is 11.5 Å². The molecule has 0 aromatic heterocycles. The first-order chi connectivity index (χ1) is 9.94. The zero-order valence-electron chi connectivity index (χ0n) is 11.5. The van der Waals surface area contributed by atoms with Crippen LogP contribution in [0.25, 0.3) is 0 Å². The number of aliphatic hydroxyl groups is 1. The monoisotopic (exact) mass is 315 g/mol. The van der Waals surface area contributed by atoms with Crippen LogP contribution in [0.5, 0.6) is 5.75 Å². The zero-order valence-corrected chi connectivity index (χ0v) is 12.3. The number of hydrogen-bond donors (Lipinski definition) is 2.